The van der Waals surface area contributed by atoms with Gasteiger partial charge in [0.05, 0.1) is 6.10 Å². The van der Waals surface area contributed by atoms with Gasteiger partial charge in [-0.05, 0) is 67.5 Å². The highest BCUT2D eigenvalue weighted by Crippen LogP contribution is 2.35. The van der Waals surface area contributed by atoms with Crippen molar-refractivity contribution >= 4 is 11.6 Å². The Labute approximate surface area is 142 Å². The molecule has 0 aliphatic heterocycles. The molecule has 0 bridgehead atoms. The van der Waals surface area contributed by atoms with Gasteiger partial charge < -0.3 is 15.2 Å². The lowest BCUT2D eigenvalue weighted by Crippen LogP contribution is -2.21. The van der Waals surface area contributed by atoms with Crippen LogP contribution in [0.15, 0.2) is 36.4 Å². The van der Waals surface area contributed by atoms with E-state index in [1.807, 2.05) is 50.2 Å². The zero-order chi connectivity index (χ0) is 17.1. The molecule has 0 unspecified atom stereocenters. The Bertz CT molecular complexity index is 755. The number of benzene rings is 2. The first-order chi connectivity index (χ1) is 11.6. The van der Waals surface area contributed by atoms with Gasteiger partial charge in [-0.15, -0.1) is 0 Å². The van der Waals surface area contributed by atoms with Crippen LogP contribution in [0.3, 0.4) is 0 Å². The highest BCUT2D eigenvalue weighted by Gasteiger charge is 2.21. The molecule has 2 N–H and O–H groups in total. The largest absolute Gasteiger partial charge is 0.483 e. The fourth-order valence-corrected chi connectivity index (χ4v) is 3.14. The van der Waals surface area contributed by atoms with Crippen LogP contribution >= 0.6 is 0 Å². The number of carbonyl (C=O) groups is 1. The van der Waals surface area contributed by atoms with Crippen molar-refractivity contribution in [2.75, 3.05) is 11.9 Å². The van der Waals surface area contributed by atoms with Gasteiger partial charge in [0.1, 0.15) is 5.75 Å². The lowest BCUT2D eigenvalue weighted by atomic mass is 9.89. The third-order valence-corrected chi connectivity index (χ3v) is 4.67. The Balaban J connectivity index is 1.67. The first-order valence-electron chi connectivity index (χ1n) is 8.35. The van der Waals surface area contributed by atoms with E-state index in [1.165, 1.54) is 0 Å². The van der Waals surface area contributed by atoms with E-state index in [0.717, 1.165) is 47.2 Å². The normalized spacial score (nSPS) is 16.4. The van der Waals surface area contributed by atoms with Crippen molar-refractivity contribution in [3.05, 3.63) is 58.7 Å². The zero-order valence-corrected chi connectivity index (χ0v) is 14.1. The number of aryl methyl sites for hydroxylation is 1. The summed E-state index contributed by atoms with van der Waals surface area (Å²) in [5.74, 6) is 0.514. The first-order valence-corrected chi connectivity index (χ1v) is 8.35. The lowest BCUT2D eigenvalue weighted by Gasteiger charge is -2.23. The molecule has 4 heteroatoms. The number of ether oxygens (including phenoxy) is 1. The van der Waals surface area contributed by atoms with Gasteiger partial charge >= 0.3 is 0 Å². The van der Waals surface area contributed by atoms with Crippen LogP contribution in [0.4, 0.5) is 5.69 Å². The minimum absolute atomic E-state index is 0.0417. The van der Waals surface area contributed by atoms with E-state index in [1.54, 1.807) is 0 Å². The summed E-state index contributed by atoms with van der Waals surface area (Å²) in [6.07, 6.45) is 2.16. The number of aliphatic hydroxyl groups is 1. The van der Waals surface area contributed by atoms with E-state index in [9.17, 15) is 9.90 Å². The molecule has 4 nitrogen and oxygen atoms in total. The minimum Gasteiger partial charge on any atom is -0.483 e. The number of nitrogens with one attached hydrogen (secondary N) is 1. The van der Waals surface area contributed by atoms with Crippen molar-refractivity contribution in [2.24, 2.45) is 0 Å². The third kappa shape index (κ3) is 3.44. The van der Waals surface area contributed by atoms with Gasteiger partial charge in [0, 0.05) is 5.69 Å². The summed E-state index contributed by atoms with van der Waals surface area (Å²) in [6.45, 7) is 3.96. The Morgan fingerprint density at radius 3 is 2.88 bits per heavy atom. The van der Waals surface area contributed by atoms with E-state index in [4.69, 9.17) is 4.74 Å². The maximum absolute atomic E-state index is 12.2. The van der Waals surface area contributed by atoms with Gasteiger partial charge in [0.25, 0.3) is 5.91 Å². The average Bonchev–Trinajstić information content (AvgIpc) is 2.58. The summed E-state index contributed by atoms with van der Waals surface area (Å²) in [7, 11) is 0. The van der Waals surface area contributed by atoms with E-state index in [-0.39, 0.29) is 12.5 Å². The molecule has 0 fully saturated rings. The summed E-state index contributed by atoms with van der Waals surface area (Å²) >= 11 is 0. The number of hydrogen-bond donors (Lipinski definition) is 2. The van der Waals surface area contributed by atoms with Crippen LogP contribution in [0, 0.1) is 13.8 Å². The van der Waals surface area contributed by atoms with Crippen LogP contribution < -0.4 is 10.1 Å². The zero-order valence-electron chi connectivity index (χ0n) is 14.1. The second-order valence-electron chi connectivity index (χ2n) is 6.32. The summed E-state index contributed by atoms with van der Waals surface area (Å²) in [6, 6.07) is 11.5. The second-order valence-corrected chi connectivity index (χ2v) is 6.32. The predicted octanol–water partition coefficient (Wildman–Crippen LogP) is 3.69. The van der Waals surface area contributed by atoms with Crippen LogP contribution in [0.25, 0.3) is 0 Å². The minimum atomic E-state index is -0.430. The lowest BCUT2D eigenvalue weighted by molar-refractivity contribution is -0.118. The van der Waals surface area contributed by atoms with Gasteiger partial charge in [-0.3, -0.25) is 4.79 Å². The molecule has 0 spiro atoms. The van der Waals surface area contributed by atoms with Crippen LogP contribution in [-0.4, -0.2) is 17.6 Å². The fraction of sp³-hybridized carbons (Fsp3) is 0.350. The third-order valence-electron chi connectivity index (χ3n) is 4.67. The average molecular weight is 325 g/mol. The van der Waals surface area contributed by atoms with Gasteiger partial charge in [-0.25, -0.2) is 0 Å². The Hall–Kier alpha value is -2.33. The van der Waals surface area contributed by atoms with Crippen LogP contribution in [0.2, 0.25) is 0 Å². The van der Waals surface area contributed by atoms with Crippen LogP contribution in [-0.2, 0) is 11.2 Å². The molecule has 0 saturated carbocycles. The Morgan fingerprint density at radius 1 is 1.25 bits per heavy atom. The van der Waals surface area contributed by atoms with Crippen molar-refractivity contribution in [1.29, 1.82) is 0 Å². The molecular weight excluding hydrogens is 302 g/mol. The quantitative estimate of drug-likeness (QED) is 0.901. The van der Waals surface area contributed by atoms with E-state index in [2.05, 4.69) is 5.32 Å². The maximum atomic E-state index is 12.2. The molecule has 2 aromatic carbocycles. The molecule has 0 aromatic heterocycles. The fourth-order valence-electron chi connectivity index (χ4n) is 3.14. The molecule has 3 rings (SSSR count). The van der Waals surface area contributed by atoms with Gasteiger partial charge in [0.2, 0.25) is 0 Å². The standard InChI is InChI=1S/C20H23NO3/c1-13-6-3-9-17(14(13)2)21-20(23)12-24-19-11-5-7-15-16(19)8-4-10-18(15)22/h3,5-7,9,11,18,22H,4,8,10,12H2,1-2H3,(H,21,23)/t18-/m1/s1. The molecule has 1 atom stereocenters. The SMILES string of the molecule is Cc1cccc(NC(=O)COc2cccc3c2CCC[C@H]3O)c1C. The number of rotatable bonds is 4. The Morgan fingerprint density at radius 2 is 2.04 bits per heavy atom. The van der Waals surface area contributed by atoms with Crippen LogP contribution in [0.5, 0.6) is 5.75 Å². The summed E-state index contributed by atoms with van der Waals surface area (Å²) in [4.78, 5) is 12.2. The topological polar surface area (TPSA) is 58.6 Å². The summed E-state index contributed by atoms with van der Waals surface area (Å²) in [5.41, 5.74) is 4.96. The number of amides is 1. The van der Waals surface area contributed by atoms with Crippen molar-refractivity contribution in [3.63, 3.8) is 0 Å². The monoisotopic (exact) mass is 325 g/mol. The molecular formula is C20H23NO3. The number of carbonyl (C=O) groups excluding carboxylic acids is 1. The molecule has 1 aliphatic rings. The van der Waals surface area contributed by atoms with Crippen molar-refractivity contribution in [1.82, 2.24) is 0 Å². The number of fused-ring (bicyclic) bond motifs is 1. The molecule has 2 aromatic rings. The van der Waals surface area contributed by atoms with E-state index < -0.39 is 6.10 Å². The van der Waals surface area contributed by atoms with Gasteiger partial charge in [-0.1, -0.05) is 24.3 Å². The second kappa shape index (κ2) is 7.05. The smallest absolute Gasteiger partial charge is 0.262 e. The first kappa shape index (κ1) is 16.5. The Kier molecular flexibility index (Phi) is 4.86. The molecule has 1 amide bonds. The number of aliphatic hydroxyl groups excluding tert-OH is 1. The highest BCUT2D eigenvalue weighted by molar-refractivity contribution is 5.92. The van der Waals surface area contributed by atoms with Crippen molar-refractivity contribution < 1.29 is 14.6 Å². The highest BCUT2D eigenvalue weighted by atomic mass is 16.5. The molecule has 0 heterocycles. The van der Waals surface area contributed by atoms with Crippen LogP contribution in [0.1, 0.15) is 41.2 Å². The predicted molar refractivity (Wildman–Crippen MR) is 94.4 cm³/mol. The molecule has 0 radical (unpaired) electrons. The number of hydrogen-bond acceptors (Lipinski definition) is 3. The molecule has 24 heavy (non-hydrogen) atoms. The van der Waals surface area contributed by atoms with E-state index in [0.29, 0.717) is 5.75 Å². The van der Waals surface area contributed by atoms with Crippen molar-refractivity contribution in [2.45, 2.75) is 39.2 Å². The number of anilines is 1. The van der Waals surface area contributed by atoms with E-state index >= 15 is 0 Å². The summed E-state index contributed by atoms with van der Waals surface area (Å²) in [5, 5.41) is 13.0. The summed E-state index contributed by atoms with van der Waals surface area (Å²) < 4.78 is 5.73. The van der Waals surface area contributed by atoms with Crippen molar-refractivity contribution in [3.8, 4) is 5.75 Å². The molecule has 1 aliphatic carbocycles. The molecule has 126 valence electrons. The molecule has 0 saturated heterocycles. The van der Waals surface area contributed by atoms with Gasteiger partial charge in [0.15, 0.2) is 6.61 Å². The van der Waals surface area contributed by atoms with Gasteiger partial charge in [-0.2, -0.15) is 0 Å². The maximum Gasteiger partial charge on any atom is 0.262 e.